The highest BCUT2D eigenvalue weighted by atomic mass is 33.1. The number of rotatable bonds is 33. The maximum atomic E-state index is 13.1. The van der Waals surface area contributed by atoms with Crippen molar-refractivity contribution in [2.45, 2.75) is 59.7 Å². The van der Waals surface area contributed by atoms with Gasteiger partial charge in [-0.2, -0.15) is 30.4 Å². The average Bonchev–Trinajstić information content (AvgIpc) is 0.863. The van der Waals surface area contributed by atoms with Crippen LogP contribution in [0, 0.1) is 5.41 Å². The van der Waals surface area contributed by atoms with Gasteiger partial charge in [0.05, 0.1) is 75.6 Å². The third kappa shape index (κ3) is 19.9. The fourth-order valence-corrected chi connectivity index (χ4v) is 14.6. The summed E-state index contributed by atoms with van der Waals surface area (Å²) in [6, 6.07) is 8.99. The molecule has 3 aromatic rings. The number of hydrogen-bond acceptors (Lipinski definition) is 27. The SMILES string of the molecule is CC(C)(CNC(=O)CCOCCOCCOCCONC(=O)c1ccc(-c2c3ccc(=N)c(S(=O)(=O)O)c-3oc3c(S(=O)(=O)O)c(N)ccc23)c(C(=O)O)c1)SSCOC1C[C@H](n2ccc(N)nc2=O)O[C@@H]1COP(=O)(O)OP(=O)(O)OP(=O)(O)O. The zero-order valence-electron chi connectivity index (χ0n) is 44.6. The Hall–Kier alpha value is -5.29. The number of aromatic carboxylic acids is 1. The highest BCUT2D eigenvalue weighted by molar-refractivity contribution is 8.77. The van der Waals surface area contributed by atoms with E-state index >= 15 is 0 Å². The second-order valence-electron chi connectivity index (χ2n) is 18.4. The smallest absolute Gasteiger partial charge is 0.478 e. The number of fused-ring (bicyclic) bond motifs is 2. The number of carboxylic acid groups (broad SMARTS) is 1. The fraction of sp³-hybridized carbons (Fsp3) is 0.409. The molecule has 5 atom stereocenters. The van der Waals surface area contributed by atoms with Crippen LogP contribution < -0.4 is 33.3 Å². The molecule has 0 spiro atoms. The van der Waals surface area contributed by atoms with E-state index in [1.165, 1.54) is 46.0 Å². The molecule has 42 heteroatoms. The van der Waals surface area contributed by atoms with Crippen molar-refractivity contribution >= 4 is 106 Å². The molecule has 474 valence electrons. The lowest BCUT2D eigenvalue weighted by molar-refractivity contribution is -0.122. The lowest BCUT2D eigenvalue weighted by atomic mass is 9.89. The van der Waals surface area contributed by atoms with E-state index in [-0.39, 0.29) is 111 Å². The van der Waals surface area contributed by atoms with Crippen LogP contribution in [0.3, 0.4) is 0 Å². The molecule has 3 aliphatic rings. The maximum Gasteiger partial charge on any atom is 0.490 e. The Balaban J connectivity index is 0.871. The number of phosphoric ester groups is 1. The van der Waals surface area contributed by atoms with E-state index in [0.29, 0.717) is 0 Å². The van der Waals surface area contributed by atoms with Crippen LogP contribution in [0.25, 0.3) is 33.4 Å². The van der Waals surface area contributed by atoms with Gasteiger partial charge in [-0.25, -0.2) is 28.8 Å². The standard InChI is InChI=1S/C44H56N7O28P3S4/c1-44(2,84-83-23-73-31-20-35(51-11-9-33(47)49-43(51)56)76-32(31)21-75-81(60,61)79-82(62,63)78-80(57,58)59)22-48-34(52)10-12-70-13-14-71-15-16-72-17-18-74-50-41(53)24-3-4-25(28(19-24)42(54)55)36-26-5-7-29(45)39(85(64,65)66)37(26)77-38-27(36)6-8-30(46)40(38)86(67,68)69/h3-9,11,19,31-32,35,45H,10,12-18,20-23,46H2,1-2H3,(H,48,52)(H,50,53)(H,54,55)(H,60,61)(H,62,63)(H2,47,49,56)(H2,57,58,59)(H,64,65,66)(H,67,68,69)/t31?,32-,35-/m1/s1. The number of nitrogens with one attached hydrogen (secondary N) is 3. The Morgan fingerprint density at radius 1 is 0.860 bits per heavy atom. The molecule has 0 bridgehead atoms. The molecule has 1 aliphatic carbocycles. The van der Waals surface area contributed by atoms with Crippen molar-refractivity contribution in [1.82, 2.24) is 20.3 Å². The van der Waals surface area contributed by atoms with Gasteiger partial charge in [0.25, 0.3) is 26.1 Å². The van der Waals surface area contributed by atoms with Crippen LogP contribution in [0.15, 0.2) is 73.7 Å². The maximum absolute atomic E-state index is 13.1. The van der Waals surface area contributed by atoms with Crippen LogP contribution in [-0.2, 0) is 80.4 Å². The molecular formula is C44H56N7O28P3S4. The number of hydroxylamine groups is 1. The Kier molecular flexibility index (Phi) is 23.8. The van der Waals surface area contributed by atoms with Crippen molar-refractivity contribution in [3.05, 3.63) is 81.7 Å². The van der Waals surface area contributed by atoms with E-state index in [0.717, 1.165) is 34.9 Å². The summed E-state index contributed by atoms with van der Waals surface area (Å²) in [4.78, 5) is 94.6. The summed E-state index contributed by atoms with van der Waals surface area (Å²) in [5.74, 6) is -3.70. The van der Waals surface area contributed by atoms with Crippen LogP contribution in [0.2, 0.25) is 0 Å². The van der Waals surface area contributed by atoms with Gasteiger partial charge in [-0.3, -0.25) is 38.0 Å². The van der Waals surface area contributed by atoms with E-state index in [9.17, 15) is 73.7 Å². The summed E-state index contributed by atoms with van der Waals surface area (Å²) < 4.78 is 152. The number of nitrogens with two attached hydrogens (primary N) is 2. The Bertz CT molecular complexity index is 3790. The van der Waals surface area contributed by atoms with Crippen LogP contribution >= 0.6 is 45.1 Å². The number of nitrogens with zero attached hydrogens (tertiary/aromatic N) is 2. The van der Waals surface area contributed by atoms with E-state index in [1.807, 2.05) is 13.8 Å². The van der Waals surface area contributed by atoms with Gasteiger partial charge in [0.2, 0.25) is 5.91 Å². The highest BCUT2D eigenvalue weighted by Crippen LogP contribution is 2.66. The Labute approximate surface area is 494 Å². The zero-order chi connectivity index (χ0) is 63.6. The second kappa shape index (κ2) is 29.4. The monoisotopic (exact) mass is 1350 g/mol. The molecule has 0 saturated carbocycles. The van der Waals surface area contributed by atoms with Gasteiger partial charge in [0.1, 0.15) is 24.1 Å². The number of carboxylic acids is 1. The average molecular weight is 1350 g/mol. The van der Waals surface area contributed by atoms with Crippen molar-refractivity contribution in [3.8, 4) is 22.5 Å². The molecule has 1 aromatic heterocycles. The number of benzene rings is 3. The number of carbonyl (C=O) groups is 3. The Morgan fingerprint density at radius 3 is 2.13 bits per heavy atom. The van der Waals surface area contributed by atoms with Gasteiger partial charge in [0, 0.05) is 52.4 Å². The molecule has 3 heterocycles. The molecular weight excluding hydrogens is 1300 g/mol. The number of nitrogen functional groups attached to an aromatic ring is 2. The minimum Gasteiger partial charge on any atom is -0.478 e. The summed E-state index contributed by atoms with van der Waals surface area (Å²) in [6.07, 6.45) is -1.95. The summed E-state index contributed by atoms with van der Waals surface area (Å²) in [7, 11) is -24.9. The molecule has 3 unspecified atom stereocenters. The van der Waals surface area contributed by atoms with E-state index in [2.05, 4.69) is 24.4 Å². The predicted octanol–water partition coefficient (Wildman–Crippen LogP) is 2.65. The minimum atomic E-state index is -5.80. The molecule has 1 saturated heterocycles. The number of carbonyl (C=O) groups excluding carboxylic acids is 2. The molecule has 35 nitrogen and oxygen atoms in total. The molecule has 86 heavy (non-hydrogen) atoms. The number of anilines is 2. The van der Waals surface area contributed by atoms with E-state index in [1.54, 1.807) is 0 Å². The first-order chi connectivity index (χ1) is 40.1. The number of ether oxygens (including phenoxy) is 5. The fourth-order valence-electron chi connectivity index (χ4n) is 7.90. The third-order valence-electron chi connectivity index (χ3n) is 11.5. The van der Waals surface area contributed by atoms with Crippen LogP contribution in [0.4, 0.5) is 11.5 Å². The first-order valence-electron chi connectivity index (χ1n) is 24.4. The van der Waals surface area contributed by atoms with Crippen molar-refractivity contribution < 1.29 is 125 Å². The van der Waals surface area contributed by atoms with Crippen LogP contribution in [-0.4, -0.2) is 160 Å². The lowest BCUT2D eigenvalue weighted by Gasteiger charge is -2.24. The zero-order valence-corrected chi connectivity index (χ0v) is 50.6. The molecule has 6 rings (SSSR count). The number of phosphoric acid groups is 3. The first-order valence-corrected chi connectivity index (χ1v) is 34.1. The third-order valence-corrected chi connectivity index (χ3v) is 20.1. The van der Waals surface area contributed by atoms with Gasteiger partial charge < -0.3 is 69.6 Å². The van der Waals surface area contributed by atoms with Crippen molar-refractivity contribution in [1.29, 1.82) is 5.41 Å². The number of hydrogen-bond donors (Lipinski definition) is 12. The lowest BCUT2D eigenvalue weighted by Crippen LogP contribution is -2.36. The summed E-state index contributed by atoms with van der Waals surface area (Å²) in [5, 5.41) is 20.3. The number of aromatic nitrogens is 2. The molecule has 1 fully saturated rings. The van der Waals surface area contributed by atoms with E-state index in [4.69, 9.17) is 64.1 Å². The van der Waals surface area contributed by atoms with Gasteiger partial charge >= 0.3 is 35.1 Å². The Morgan fingerprint density at radius 2 is 1.50 bits per heavy atom. The van der Waals surface area contributed by atoms with Gasteiger partial charge in [-0.1, -0.05) is 27.7 Å². The topological polar surface area (TPSA) is 543 Å². The van der Waals surface area contributed by atoms with Crippen molar-refractivity contribution in [2.24, 2.45) is 0 Å². The normalized spacial score (nSPS) is 17.3. The minimum absolute atomic E-state index is 0.0233. The quantitative estimate of drug-likeness (QED) is 0.00420. The van der Waals surface area contributed by atoms with Gasteiger partial charge in [0.15, 0.2) is 21.1 Å². The largest absolute Gasteiger partial charge is 0.490 e. The summed E-state index contributed by atoms with van der Waals surface area (Å²) in [5.41, 5.74) is 10.1. The molecule has 2 aromatic carbocycles. The second-order valence-corrected chi connectivity index (χ2v) is 28.5. The predicted molar refractivity (Wildman–Crippen MR) is 299 cm³/mol. The summed E-state index contributed by atoms with van der Waals surface area (Å²) in [6.45, 7) is 3.46. The van der Waals surface area contributed by atoms with Crippen molar-refractivity contribution in [3.63, 3.8) is 0 Å². The van der Waals surface area contributed by atoms with Gasteiger partial charge in [-0.15, -0.1) is 0 Å². The van der Waals surface area contributed by atoms with Gasteiger partial charge in [-0.05, 0) is 61.9 Å². The summed E-state index contributed by atoms with van der Waals surface area (Å²) >= 11 is 0. The molecule has 14 N–H and O–H groups in total. The molecule has 0 radical (unpaired) electrons. The van der Waals surface area contributed by atoms with Crippen LogP contribution in [0.1, 0.15) is 53.6 Å². The van der Waals surface area contributed by atoms with E-state index < -0.39 is 129 Å². The molecule has 2 aliphatic heterocycles. The van der Waals surface area contributed by atoms with Crippen molar-refractivity contribution in [2.75, 3.05) is 76.8 Å². The first kappa shape index (κ1) is 69.8. The number of amides is 2. The van der Waals surface area contributed by atoms with Crippen LogP contribution in [0.5, 0.6) is 0 Å². The molecule has 2 amide bonds. The highest BCUT2D eigenvalue weighted by Gasteiger charge is 2.44.